The van der Waals surface area contributed by atoms with Crippen molar-refractivity contribution in [2.45, 2.75) is 6.54 Å². The lowest BCUT2D eigenvalue weighted by Gasteiger charge is -1.97. The molecular formula is C15H13FNO2+. The zero-order valence-electron chi connectivity index (χ0n) is 10.2. The normalized spacial score (nSPS) is 10.8. The summed E-state index contributed by atoms with van der Waals surface area (Å²) < 4.78 is 14.4. The summed E-state index contributed by atoms with van der Waals surface area (Å²) >= 11 is 0. The molecule has 0 fully saturated rings. The number of carboxylic acid groups (broad SMARTS) is 1. The van der Waals surface area contributed by atoms with Crippen LogP contribution in [0.1, 0.15) is 11.3 Å². The molecule has 1 N–H and O–H groups in total. The molecule has 0 aliphatic carbocycles. The van der Waals surface area contributed by atoms with E-state index in [1.807, 2.05) is 18.2 Å². The lowest BCUT2D eigenvalue weighted by atomic mass is 10.2. The smallest absolute Gasteiger partial charge is 0.370 e. The number of aromatic nitrogens is 1. The van der Waals surface area contributed by atoms with Gasteiger partial charge < -0.3 is 5.11 Å². The molecule has 4 heteroatoms. The number of pyridine rings is 1. The lowest BCUT2D eigenvalue weighted by Crippen LogP contribution is -2.40. The van der Waals surface area contributed by atoms with Gasteiger partial charge >= 0.3 is 5.97 Å². The van der Waals surface area contributed by atoms with Crippen LogP contribution >= 0.6 is 0 Å². The second-order valence-corrected chi connectivity index (χ2v) is 4.03. The van der Waals surface area contributed by atoms with Gasteiger partial charge in [-0.25, -0.2) is 9.18 Å². The minimum Gasteiger partial charge on any atom is -0.477 e. The molecule has 19 heavy (non-hydrogen) atoms. The highest BCUT2D eigenvalue weighted by Crippen LogP contribution is 2.07. The van der Waals surface area contributed by atoms with Crippen molar-refractivity contribution in [3.8, 4) is 0 Å². The van der Waals surface area contributed by atoms with Gasteiger partial charge in [0.25, 0.3) is 0 Å². The summed E-state index contributed by atoms with van der Waals surface area (Å²) in [6.07, 6.45) is 5.32. The maximum absolute atomic E-state index is 12.8. The first-order valence-electron chi connectivity index (χ1n) is 5.79. The molecule has 0 amide bonds. The van der Waals surface area contributed by atoms with Gasteiger partial charge in [-0.05, 0) is 29.8 Å². The standard InChI is InChI=1S/C15H12FNO2/c16-13-7-4-12(5-8-13)6-9-14-3-1-2-10-17(14)11-15(18)19/h1-10H,11H2/p+1/b9-6+. The third kappa shape index (κ3) is 3.74. The maximum Gasteiger partial charge on any atom is 0.370 e. The monoisotopic (exact) mass is 258 g/mol. The van der Waals surface area contributed by atoms with Crippen molar-refractivity contribution in [2.75, 3.05) is 0 Å². The van der Waals surface area contributed by atoms with Gasteiger partial charge in [0.1, 0.15) is 5.82 Å². The van der Waals surface area contributed by atoms with Gasteiger partial charge in [-0.3, -0.25) is 0 Å². The van der Waals surface area contributed by atoms with E-state index in [1.165, 1.54) is 12.1 Å². The van der Waals surface area contributed by atoms with Crippen LogP contribution in [0.15, 0.2) is 48.7 Å². The molecule has 2 aromatic rings. The Morgan fingerprint density at radius 2 is 1.89 bits per heavy atom. The minimum absolute atomic E-state index is 0.0933. The van der Waals surface area contributed by atoms with E-state index in [9.17, 15) is 9.18 Å². The number of hydrogen-bond acceptors (Lipinski definition) is 1. The van der Waals surface area contributed by atoms with Gasteiger partial charge in [-0.1, -0.05) is 12.1 Å². The molecule has 0 aliphatic rings. The number of aliphatic carboxylic acids is 1. The number of rotatable bonds is 4. The fourth-order valence-corrected chi connectivity index (χ4v) is 1.69. The van der Waals surface area contributed by atoms with Gasteiger partial charge in [0.2, 0.25) is 12.2 Å². The first kappa shape index (κ1) is 13.0. The molecule has 0 atom stereocenters. The first-order chi connectivity index (χ1) is 9.15. The van der Waals surface area contributed by atoms with Gasteiger partial charge in [-0.2, -0.15) is 4.57 Å². The average Bonchev–Trinajstić information content (AvgIpc) is 2.39. The van der Waals surface area contributed by atoms with Gasteiger partial charge in [0, 0.05) is 18.2 Å². The summed E-state index contributed by atoms with van der Waals surface area (Å²) in [5.74, 6) is -1.18. The molecule has 3 nitrogen and oxygen atoms in total. The Hall–Kier alpha value is -2.49. The Morgan fingerprint density at radius 3 is 2.58 bits per heavy atom. The average molecular weight is 258 g/mol. The van der Waals surface area contributed by atoms with Crippen LogP contribution < -0.4 is 4.57 Å². The van der Waals surface area contributed by atoms with E-state index in [0.29, 0.717) is 0 Å². The predicted octanol–water partition coefficient (Wildman–Crippen LogP) is 2.37. The van der Waals surface area contributed by atoms with Crippen LogP contribution in [-0.4, -0.2) is 11.1 Å². The van der Waals surface area contributed by atoms with Crippen LogP contribution in [0.5, 0.6) is 0 Å². The summed E-state index contributed by atoms with van der Waals surface area (Å²) in [5.41, 5.74) is 1.63. The molecule has 0 saturated heterocycles. The summed E-state index contributed by atoms with van der Waals surface area (Å²) in [6, 6.07) is 11.5. The topological polar surface area (TPSA) is 41.2 Å². The van der Waals surface area contributed by atoms with Crippen molar-refractivity contribution in [1.29, 1.82) is 0 Å². The van der Waals surface area contributed by atoms with Crippen molar-refractivity contribution in [1.82, 2.24) is 0 Å². The molecule has 0 spiro atoms. The number of nitrogens with zero attached hydrogens (tertiary/aromatic N) is 1. The predicted molar refractivity (Wildman–Crippen MR) is 69.6 cm³/mol. The second kappa shape index (κ2) is 5.91. The van der Waals surface area contributed by atoms with E-state index in [2.05, 4.69) is 0 Å². The molecule has 1 aromatic carbocycles. The molecule has 2 rings (SSSR count). The van der Waals surface area contributed by atoms with Gasteiger partial charge in [0.05, 0.1) is 0 Å². The van der Waals surface area contributed by atoms with E-state index < -0.39 is 5.97 Å². The number of halogens is 1. The van der Waals surface area contributed by atoms with Crippen molar-refractivity contribution in [3.63, 3.8) is 0 Å². The highest BCUT2D eigenvalue weighted by Gasteiger charge is 2.10. The fraction of sp³-hybridized carbons (Fsp3) is 0.0667. The van der Waals surface area contributed by atoms with Crippen molar-refractivity contribution in [3.05, 3.63) is 65.7 Å². The van der Waals surface area contributed by atoms with E-state index in [1.54, 1.807) is 35.0 Å². The molecule has 0 aliphatic heterocycles. The highest BCUT2D eigenvalue weighted by atomic mass is 19.1. The second-order valence-electron chi connectivity index (χ2n) is 4.03. The molecule has 0 saturated carbocycles. The number of carbonyl (C=O) groups is 1. The molecule has 0 bridgehead atoms. The Kier molecular flexibility index (Phi) is 4.03. The third-order valence-electron chi connectivity index (χ3n) is 2.60. The Balaban J connectivity index is 2.22. The van der Waals surface area contributed by atoms with Crippen LogP contribution in [0.2, 0.25) is 0 Å². The molecular weight excluding hydrogens is 245 g/mol. The largest absolute Gasteiger partial charge is 0.477 e. The first-order valence-corrected chi connectivity index (χ1v) is 5.79. The summed E-state index contributed by atoms with van der Waals surface area (Å²) in [5, 5.41) is 8.82. The zero-order valence-corrected chi connectivity index (χ0v) is 10.2. The molecule has 1 aromatic heterocycles. The van der Waals surface area contributed by atoms with Crippen LogP contribution in [0.4, 0.5) is 4.39 Å². The summed E-state index contributed by atoms with van der Waals surface area (Å²) in [4.78, 5) is 10.7. The van der Waals surface area contributed by atoms with Gasteiger partial charge in [0.15, 0.2) is 6.20 Å². The Morgan fingerprint density at radius 1 is 1.16 bits per heavy atom. The lowest BCUT2D eigenvalue weighted by molar-refractivity contribution is -0.687. The van der Waals surface area contributed by atoms with Crippen LogP contribution in [0, 0.1) is 5.82 Å². The van der Waals surface area contributed by atoms with E-state index >= 15 is 0 Å². The molecule has 0 radical (unpaired) electrons. The van der Waals surface area contributed by atoms with Gasteiger partial charge in [-0.15, -0.1) is 0 Å². The van der Waals surface area contributed by atoms with Crippen molar-refractivity contribution < 1.29 is 18.9 Å². The maximum atomic E-state index is 12.8. The summed E-state index contributed by atoms with van der Waals surface area (Å²) in [6.45, 7) is -0.0933. The Bertz CT molecular complexity index is 606. The van der Waals surface area contributed by atoms with Crippen molar-refractivity contribution in [2.24, 2.45) is 0 Å². The minimum atomic E-state index is -0.896. The number of hydrogen-bond donors (Lipinski definition) is 1. The van der Waals surface area contributed by atoms with E-state index in [0.717, 1.165) is 11.3 Å². The van der Waals surface area contributed by atoms with Crippen molar-refractivity contribution >= 4 is 18.1 Å². The van der Waals surface area contributed by atoms with Crippen LogP contribution in [0.25, 0.3) is 12.2 Å². The highest BCUT2D eigenvalue weighted by molar-refractivity contribution is 5.67. The van der Waals surface area contributed by atoms with Crippen LogP contribution in [0.3, 0.4) is 0 Å². The SMILES string of the molecule is O=C(O)C[n+]1ccccc1/C=C/c1ccc(F)cc1. The van der Waals surface area contributed by atoms with E-state index in [4.69, 9.17) is 5.11 Å². The molecule has 96 valence electrons. The number of benzene rings is 1. The quantitative estimate of drug-likeness (QED) is 0.855. The third-order valence-corrected chi connectivity index (χ3v) is 2.60. The molecule has 1 heterocycles. The van der Waals surface area contributed by atoms with E-state index in [-0.39, 0.29) is 12.4 Å². The Labute approximate surface area is 110 Å². The molecule has 0 unspecified atom stereocenters. The number of carboxylic acids is 1. The zero-order chi connectivity index (χ0) is 13.7. The summed E-state index contributed by atoms with van der Waals surface area (Å²) in [7, 11) is 0. The van der Waals surface area contributed by atoms with Crippen LogP contribution in [-0.2, 0) is 11.3 Å². The fourth-order valence-electron chi connectivity index (χ4n) is 1.69.